The van der Waals surface area contributed by atoms with Gasteiger partial charge < -0.3 is 0 Å². The number of carbonyl (C=O) groups excluding carboxylic acids is 1. The van der Waals surface area contributed by atoms with Gasteiger partial charge in [-0.15, -0.1) is 12.3 Å². The summed E-state index contributed by atoms with van der Waals surface area (Å²) in [6.07, 6.45) is 5.67. The van der Waals surface area contributed by atoms with Crippen molar-refractivity contribution in [3.63, 3.8) is 0 Å². The first-order chi connectivity index (χ1) is 8.08. The molecule has 0 aromatic carbocycles. The van der Waals surface area contributed by atoms with Crippen molar-refractivity contribution >= 4 is 11.7 Å². The van der Waals surface area contributed by atoms with E-state index in [1.807, 2.05) is 0 Å². The van der Waals surface area contributed by atoms with E-state index in [-0.39, 0.29) is 11.8 Å². The number of aromatic nitrogens is 2. The van der Waals surface area contributed by atoms with Crippen LogP contribution in [0.4, 0.5) is 5.82 Å². The standard InChI is InChI=1S/C12H12N4O/c1-4-9-5-11(17)16(7-9)12-10(6-13)8(2)14-15(12)3/h1,9H,5,7H2,2-3H3. The van der Waals surface area contributed by atoms with Gasteiger partial charge in [0, 0.05) is 25.9 Å². The van der Waals surface area contributed by atoms with Crippen LogP contribution >= 0.6 is 0 Å². The Kier molecular flexibility index (Phi) is 2.61. The molecule has 1 amide bonds. The van der Waals surface area contributed by atoms with Gasteiger partial charge in [0.2, 0.25) is 5.91 Å². The van der Waals surface area contributed by atoms with Crippen molar-refractivity contribution in [3.8, 4) is 18.4 Å². The molecule has 1 aromatic rings. The number of aryl methyl sites for hydroxylation is 2. The zero-order valence-electron chi connectivity index (χ0n) is 9.77. The van der Waals surface area contributed by atoms with E-state index in [1.54, 1.807) is 23.6 Å². The van der Waals surface area contributed by atoms with Crippen LogP contribution in [0, 0.1) is 36.5 Å². The molecule has 1 saturated heterocycles. The summed E-state index contributed by atoms with van der Waals surface area (Å²) in [7, 11) is 1.72. The molecule has 17 heavy (non-hydrogen) atoms. The van der Waals surface area contributed by atoms with Gasteiger partial charge in [-0.05, 0) is 6.92 Å². The molecule has 86 valence electrons. The Morgan fingerprint density at radius 2 is 2.29 bits per heavy atom. The number of terminal acetylenes is 1. The summed E-state index contributed by atoms with van der Waals surface area (Å²) in [5.74, 6) is 3.00. The Hall–Kier alpha value is -2.27. The zero-order valence-corrected chi connectivity index (χ0v) is 9.77. The molecule has 0 radical (unpaired) electrons. The van der Waals surface area contributed by atoms with Crippen LogP contribution in [0.5, 0.6) is 0 Å². The highest BCUT2D eigenvalue weighted by atomic mass is 16.2. The Morgan fingerprint density at radius 3 is 2.82 bits per heavy atom. The quantitative estimate of drug-likeness (QED) is 0.661. The first kappa shape index (κ1) is 11.2. The first-order valence-electron chi connectivity index (χ1n) is 5.28. The second-order valence-corrected chi connectivity index (χ2v) is 4.09. The van der Waals surface area contributed by atoms with Gasteiger partial charge in [0.15, 0.2) is 5.82 Å². The second-order valence-electron chi connectivity index (χ2n) is 4.09. The van der Waals surface area contributed by atoms with E-state index in [1.165, 1.54) is 0 Å². The number of rotatable bonds is 1. The molecule has 5 nitrogen and oxygen atoms in total. The lowest BCUT2D eigenvalue weighted by Crippen LogP contribution is -2.27. The van der Waals surface area contributed by atoms with Crippen molar-refractivity contribution in [2.24, 2.45) is 13.0 Å². The molecule has 1 atom stereocenters. The fourth-order valence-corrected chi connectivity index (χ4v) is 2.11. The Balaban J connectivity index is 2.46. The summed E-state index contributed by atoms with van der Waals surface area (Å²) in [6, 6.07) is 2.09. The molecule has 0 saturated carbocycles. The summed E-state index contributed by atoms with van der Waals surface area (Å²) in [5.41, 5.74) is 1.07. The van der Waals surface area contributed by atoms with Crippen LogP contribution in [0.15, 0.2) is 0 Å². The summed E-state index contributed by atoms with van der Waals surface area (Å²) in [6.45, 7) is 2.21. The summed E-state index contributed by atoms with van der Waals surface area (Å²) in [4.78, 5) is 13.4. The molecular weight excluding hydrogens is 216 g/mol. The van der Waals surface area contributed by atoms with Crippen LogP contribution in [-0.2, 0) is 11.8 Å². The monoisotopic (exact) mass is 228 g/mol. The molecule has 1 aliphatic rings. The molecule has 1 unspecified atom stereocenters. The van der Waals surface area contributed by atoms with Crippen molar-refractivity contribution in [2.75, 3.05) is 11.4 Å². The second kappa shape index (κ2) is 3.95. The van der Waals surface area contributed by atoms with E-state index in [0.717, 1.165) is 0 Å². The van der Waals surface area contributed by atoms with E-state index < -0.39 is 0 Å². The molecule has 1 fully saturated rings. The van der Waals surface area contributed by atoms with Crippen LogP contribution in [0.25, 0.3) is 0 Å². The predicted octanol–water partition coefficient (Wildman–Crippen LogP) is 0.586. The maximum Gasteiger partial charge on any atom is 0.229 e. The highest BCUT2D eigenvalue weighted by Gasteiger charge is 2.33. The van der Waals surface area contributed by atoms with Crippen molar-refractivity contribution in [2.45, 2.75) is 13.3 Å². The average Bonchev–Trinajstić information content (AvgIpc) is 2.78. The van der Waals surface area contributed by atoms with E-state index >= 15 is 0 Å². The van der Waals surface area contributed by atoms with Crippen LogP contribution in [0.1, 0.15) is 17.7 Å². The number of hydrogen-bond acceptors (Lipinski definition) is 3. The zero-order chi connectivity index (χ0) is 12.6. The Morgan fingerprint density at radius 1 is 1.59 bits per heavy atom. The summed E-state index contributed by atoms with van der Waals surface area (Å²) < 4.78 is 1.56. The molecule has 0 aliphatic carbocycles. The van der Waals surface area contributed by atoms with E-state index in [9.17, 15) is 4.79 Å². The molecule has 0 N–H and O–H groups in total. The van der Waals surface area contributed by atoms with Crippen molar-refractivity contribution in [1.29, 1.82) is 5.26 Å². The Bertz CT molecular complexity index is 558. The van der Waals surface area contributed by atoms with Gasteiger partial charge >= 0.3 is 0 Å². The van der Waals surface area contributed by atoms with E-state index in [0.29, 0.717) is 30.0 Å². The topological polar surface area (TPSA) is 61.9 Å². The number of carbonyl (C=O) groups is 1. The highest BCUT2D eigenvalue weighted by Crippen LogP contribution is 2.28. The van der Waals surface area contributed by atoms with E-state index in [2.05, 4.69) is 17.1 Å². The largest absolute Gasteiger partial charge is 0.295 e. The third kappa shape index (κ3) is 1.66. The molecule has 1 aromatic heterocycles. The molecule has 0 spiro atoms. The number of hydrogen-bond donors (Lipinski definition) is 0. The van der Waals surface area contributed by atoms with Gasteiger partial charge in [-0.25, -0.2) is 0 Å². The minimum Gasteiger partial charge on any atom is -0.295 e. The molecular formula is C12H12N4O. The summed E-state index contributed by atoms with van der Waals surface area (Å²) in [5, 5.41) is 13.3. The smallest absolute Gasteiger partial charge is 0.229 e. The third-order valence-electron chi connectivity index (χ3n) is 2.92. The fraction of sp³-hybridized carbons (Fsp3) is 0.417. The number of amides is 1. The van der Waals surface area contributed by atoms with Gasteiger partial charge in [0.25, 0.3) is 0 Å². The highest BCUT2D eigenvalue weighted by molar-refractivity contribution is 5.96. The minimum absolute atomic E-state index is 0.0487. The number of nitrogens with zero attached hydrogens (tertiary/aromatic N) is 4. The minimum atomic E-state index is -0.0794. The third-order valence-corrected chi connectivity index (χ3v) is 2.92. The maximum absolute atomic E-state index is 11.9. The SMILES string of the molecule is C#CC1CC(=O)N(c2c(C#N)c(C)nn2C)C1. The fourth-order valence-electron chi connectivity index (χ4n) is 2.11. The van der Waals surface area contributed by atoms with Gasteiger partial charge in [0.1, 0.15) is 11.6 Å². The van der Waals surface area contributed by atoms with Gasteiger partial charge in [-0.1, -0.05) is 0 Å². The lowest BCUT2D eigenvalue weighted by atomic mass is 10.1. The van der Waals surface area contributed by atoms with Crippen LogP contribution in [0.2, 0.25) is 0 Å². The van der Waals surface area contributed by atoms with Crippen LogP contribution in [0.3, 0.4) is 0 Å². The van der Waals surface area contributed by atoms with Crippen molar-refractivity contribution in [3.05, 3.63) is 11.3 Å². The maximum atomic E-state index is 11.9. The molecule has 2 rings (SSSR count). The van der Waals surface area contributed by atoms with Gasteiger partial charge in [-0.2, -0.15) is 10.4 Å². The van der Waals surface area contributed by atoms with Crippen molar-refractivity contribution in [1.82, 2.24) is 9.78 Å². The average molecular weight is 228 g/mol. The molecule has 1 aliphatic heterocycles. The molecule has 5 heteroatoms. The number of nitriles is 1. The van der Waals surface area contributed by atoms with Gasteiger partial charge in [0.05, 0.1) is 5.69 Å². The van der Waals surface area contributed by atoms with Crippen molar-refractivity contribution < 1.29 is 4.79 Å². The normalized spacial score (nSPS) is 19.2. The summed E-state index contributed by atoms with van der Waals surface area (Å²) >= 11 is 0. The predicted molar refractivity (Wildman–Crippen MR) is 62.0 cm³/mol. The van der Waals surface area contributed by atoms with E-state index in [4.69, 9.17) is 11.7 Å². The van der Waals surface area contributed by atoms with Crippen LogP contribution < -0.4 is 4.90 Å². The lowest BCUT2D eigenvalue weighted by Gasteiger charge is -2.16. The van der Waals surface area contributed by atoms with Crippen LogP contribution in [-0.4, -0.2) is 22.2 Å². The first-order valence-corrected chi connectivity index (χ1v) is 5.28. The number of anilines is 1. The van der Waals surface area contributed by atoms with Gasteiger partial charge in [-0.3, -0.25) is 14.4 Å². The Labute approximate surface area is 99.6 Å². The lowest BCUT2D eigenvalue weighted by molar-refractivity contribution is -0.117. The molecule has 0 bridgehead atoms. The molecule has 2 heterocycles.